The second kappa shape index (κ2) is 6.52. The van der Waals surface area contributed by atoms with Crippen molar-refractivity contribution in [1.82, 2.24) is 10.1 Å². The van der Waals surface area contributed by atoms with Crippen LogP contribution >= 0.6 is 55.4 Å². The van der Waals surface area contributed by atoms with Crippen molar-refractivity contribution in [2.45, 2.75) is 17.4 Å². The van der Waals surface area contributed by atoms with Gasteiger partial charge in [-0.15, -0.1) is 11.8 Å². The van der Waals surface area contributed by atoms with Crippen LogP contribution in [0.25, 0.3) is 11.5 Å². The first kappa shape index (κ1) is 15.7. The maximum absolute atomic E-state index is 6.09. The van der Waals surface area contributed by atoms with Gasteiger partial charge in [-0.05, 0) is 28.1 Å². The van der Waals surface area contributed by atoms with Gasteiger partial charge < -0.3 is 10.3 Å². The van der Waals surface area contributed by atoms with Gasteiger partial charge in [-0.2, -0.15) is 16.7 Å². The van der Waals surface area contributed by atoms with Gasteiger partial charge in [0.05, 0.1) is 16.5 Å². The van der Waals surface area contributed by atoms with Crippen molar-refractivity contribution < 1.29 is 4.52 Å². The van der Waals surface area contributed by atoms with Crippen LogP contribution in [0, 0.1) is 0 Å². The average Bonchev–Trinajstić information content (AvgIpc) is 2.92. The first-order chi connectivity index (χ1) is 10.1. The molecular formula is C13H13Br2N3OS2. The van der Waals surface area contributed by atoms with E-state index in [1.165, 1.54) is 5.75 Å². The van der Waals surface area contributed by atoms with Crippen LogP contribution in [0.2, 0.25) is 0 Å². The van der Waals surface area contributed by atoms with Crippen LogP contribution in [-0.4, -0.2) is 26.9 Å². The van der Waals surface area contributed by atoms with Crippen molar-refractivity contribution in [3.05, 3.63) is 26.9 Å². The van der Waals surface area contributed by atoms with E-state index in [-0.39, 0.29) is 5.25 Å². The molecule has 2 unspecified atom stereocenters. The number of anilines is 1. The number of aromatic nitrogens is 2. The predicted octanol–water partition coefficient (Wildman–Crippen LogP) is 4.75. The maximum atomic E-state index is 6.09. The molecule has 1 aromatic carbocycles. The summed E-state index contributed by atoms with van der Waals surface area (Å²) in [6.07, 6.45) is 0. The summed E-state index contributed by atoms with van der Waals surface area (Å²) in [6, 6.07) is 3.79. The van der Waals surface area contributed by atoms with Crippen LogP contribution in [0.15, 0.2) is 25.6 Å². The van der Waals surface area contributed by atoms with E-state index in [1.54, 1.807) is 0 Å². The number of rotatable bonds is 2. The molecule has 0 aliphatic carbocycles. The fraction of sp³-hybridized carbons (Fsp3) is 0.385. The van der Waals surface area contributed by atoms with Gasteiger partial charge in [0.25, 0.3) is 5.89 Å². The number of nitrogens with zero attached hydrogens (tertiary/aromatic N) is 2. The minimum absolute atomic E-state index is 0.276. The number of thioether (sulfide) groups is 2. The van der Waals surface area contributed by atoms with Crippen molar-refractivity contribution >= 4 is 61.1 Å². The summed E-state index contributed by atoms with van der Waals surface area (Å²) in [5, 5.41) is 4.92. The lowest BCUT2D eigenvalue weighted by Gasteiger charge is -2.24. The zero-order valence-corrected chi connectivity index (χ0v) is 16.0. The molecule has 1 aromatic heterocycles. The SMILES string of the molecule is CC1SCCSC1c1noc(-c2cc(Br)cc(Br)c2N)n1. The Morgan fingerprint density at radius 1 is 1.29 bits per heavy atom. The zero-order valence-electron chi connectivity index (χ0n) is 11.2. The Labute approximate surface area is 148 Å². The first-order valence-corrected chi connectivity index (χ1v) is 10.1. The smallest absolute Gasteiger partial charge is 0.260 e. The molecular weight excluding hydrogens is 438 g/mol. The van der Waals surface area contributed by atoms with Gasteiger partial charge in [-0.3, -0.25) is 0 Å². The summed E-state index contributed by atoms with van der Waals surface area (Å²) in [6.45, 7) is 2.21. The second-order valence-corrected chi connectivity index (χ2v) is 9.18. The lowest BCUT2D eigenvalue weighted by Crippen LogP contribution is -2.16. The molecule has 112 valence electrons. The highest BCUT2D eigenvalue weighted by atomic mass is 79.9. The Bertz CT molecular complexity index is 665. The van der Waals surface area contributed by atoms with Crippen molar-refractivity contribution in [2.75, 3.05) is 17.2 Å². The molecule has 0 saturated carbocycles. The van der Waals surface area contributed by atoms with Gasteiger partial charge in [0, 0.05) is 25.7 Å². The molecule has 2 atom stereocenters. The van der Waals surface area contributed by atoms with Crippen molar-refractivity contribution in [2.24, 2.45) is 0 Å². The number of halogens is 2. The summed E-state index contributed by atoms with van der Waals surface area (Å²) in [5.74, 6) is 3.52. The molecule has 1 fully saturated rings. The summed E-state index contributed by atoms with van der Waals surface area (Å²) in [7, 11) is 0. The third-order valence-corrected chi connectivity index (χ3v) is 7.41. The molecule has 2 heterocycles. The van der Waals surface area contributed by atoms with Crippen molar-refractivity contribution in [1.29, 1.82) is 0 Å². The minimum atomic E-state index is 0.276. The minimum Gasteiger partial charge on any atom is -0.397 e. The quantitative estimate of drug-likeness (QED) is 0.665. The summed E-state index contributed by atoms with van der Waals surface area (Å²) < 4.78 is 7.16. The van der Waals surface area contributed by atoms with Gasteiger partial charge in [-0.1, -0.05) is 28.0 Å². The molecule has 1 aliphatic rings. The highest BCUT2D eigenvalue weighted by molar-refractivity contribution is 9.11. The number of benzene rings is 1. The molecule has 0 radical (unpaired) electrons. The maximum Gasteiger partial charge on any atom is 0.260 e. The average molecular weight is 451 g/mol. The zero-order chi connectivity index (χ0) is 15.0. The van der Waals surface area contributed by atoms with Gasteiger partial charge >= 0.3 is 0 Å². The molecule has 4 nitrogen and oxygen atoms in total. The van der Waals surface area contributed by atoms with Crippen molar-refractivity contribution in [3.8, 4) is 11.5 Å². The highest BCUT2D eigenvalue weighted by Gasteiger charge is 2.29. The monoisotopic (exact) mass is 449 g/mol. The van der Waals surface area contributed by atoms with E-state index >= 15 is 0 Å². The second-order valence-electron chi connectivity index (χ2n) is 4.67. The Morgan fingerprint density at radius 2 is 2.05 bits per heavy atom. The van der Waals surface area contributed by atoms with Crippen LogP contribution in [0.4, 0.5) is 5.69 Å². The third-order valence-electron chi connectivity index (χ3n) is 3.21. The van der Waals surface area contributed by atoms with Crippen LogP contribution in [0.5, 0.6) is 0 Å². The van der Waals surface area contributed by atoms with E-state index in [4.69, 9.17) is 10.3 Å². The standard InChI is InChI=1S/C13H13Br2N3OS2/c1-6-11(21-3-2-20-6)12-17-13(19-18-12)8-4-7(14)5-9(15)10(8)16/h4-6,11H,2-3,16H2,1H3. The summed E-state index contributed by atoms with van der Waals surface area (Å²) >= 11 is 10.7. The van der Waals surface area contributed by atoms with Crippen molar-refractivity contribution in [3.63, 3.8) is 0 Å². The van der Waals surface area contributed by atoms with Gasteiger partial charge in [0.1, 0.15) is 0 Å². The topological polar surface area (TPSA) is 64.9 Å². The van der Waals surface area contributed by atoms with Crippen LogP contribution in [-0.2, 0) is 0 Å². The molecule has 2 N–H and O–H groups in total. The van der Waals surface area contributed by atoms with Gasteiger partial charge in [-0.25, -0.2) is 0 Å². The number of nitrogen functional groups attached to an aromatic ring is 1. The molecule has 0 amide bonds. The summed E-state index contributed by atoms with van der Waals surface area (Å²) in [4.78, 5) is 4.56. The van der Waals surface area contributed by atoms with E-state index in [0.717, 1.165) is 26.1 Å². The Kier molecular flexibility index (Phi) is 4.87. The highest BCUT2D eigenvalue weighted by Crippen LogP contribution is 2.42. The molecule has 2 aromatic rings. The molecule has 3 rings (SSSR count). The largest absolute Gasteiger partial charge is 0.397 e. The lowest BCUT2D eigenvalue weighted by molar-refractivity contribution is 0.422. The van der Waals surface area contributed by atoms with Crippen LogP contribution < -0.4 is 5.73 Å². The lowest BCUT2D eigenvalue weighted by atomic mass is 10.2. The molecule has 8 heteroatoms. The number of hydrogen-bond acceptors (Lipinski definition) is 6. The van der Waals surface area contributed by atoms with Crippen LogP contribution in [0.1, 0.15) is 18.0 Å². The van der Waals surface area contributed by atoms with E-state index in [1.807, 2.05) is 35.7 Å². The normalized spacial score (nSPS) is 22.4. The van der Waals surface area contributed by atoms with Gasteiger partial charge in [0.15, 0.2) is 5.82 Å². The molecule has 0 bridgehead atoms. The molecule has 1 aliphatic heterocycles. The Morgan fingerprint density at radius 3 is 2.81 bits per heavy atom. The van der Waals surface area contributed by atoms with Gasteiger partial charge in [0.2, 0.25) is 0 Å². The van der Waals surface area contributed by atoms with Crippen LogP contribution in [0.3, 0.4) is 0 Å². The van der Waals surface area contributed by atoms with E-state index < -0.39 is 0 Å². The first-order valence-electron chi connectivity index (χ1n) is 6.38. The fourth-order valence-electron chi connectivity index (χ4n) is 2.14. The molecule has 21 heavy (non-hydrogen) atoms. The van der Waals surface area contributed by atoms with E-state index in [9.17, 15) is 0 Å². The Hall–Kier alpha value is -0.180. The fourth-order valence-corrected chi connectivity index (χ4v) is 6.04. The molecule has 1 saturated heterocycles. The number of hydrogen-bond donors (Lipinski definition) is 1. The Balaban J connectivity index is 1.95. The summed E-state index contributed by atoms with van der Waals surface area (Å²) in [5.41, 5.74) is 7.44. The predicted molar refractivity (Wildman–Crippen MR) is 96.7 cm³/mol. The molecule has 0 spiro atoms. The van der Waals surface area contributed by atoms with E-state index in [0.29, 0.717) is 16.8 Å². The number of nitrogens with two attached hydrogens (primary N) is 1. The van der Waals surface area contributed by atoms with E-state index in [2.05, 4.69) is 48.9 Å². The third kappa shape index (κ3) is 3.28.